The van der Waals surface area contributed by atoms with Crippen LogP contribution < -0.4 is 5.32 Å². The van der Waals surface area contributed by atoms with E-state index >= 15 is 0 Å². The van der Waals surface area contributed by atoms with Crippen molar-refractivity contribution in [2.45, 2.75) is 25.8 Å². The summed E-state index contributed by atoms with van der Waals surface area (Å²) in [6, 6.07) is 17.8. The molecule has 0 spiro atoms. The van der Waals surface area contributed by atoms with Gasteiger partial charge < -0.3 is 5.32 Å². The van der Waals surface area contributed by atoms with Gasteiger partial charge in [-0.2, -0.15) is 0 Å². The zero-order valence-electron chi connectivity index (χ0n) is 11.6. The summed E-state index contributed by atoms with van der Waals surface area (Å²) in [6.07, 6.45) is 0. The normalized spacial score (nSPS) is 13.6. The standard InChI is InChI=1S/C17H18BrNO/c1-12(14-6-4-3-5-7-14)17(20)19-13(2)15-8-10-16(18)11-9-15/h3-13H,1-2H3,(H,19,20). The summed E-state index contributed by atoms with van der Waals surface area (Å²) < 4.78 is 1.04. The molecular formula is C17H18BrNO. The summed E-state index contributed by atoms with van der Waals surface area (Å²) >= 11 is 3.41. The van der Waals surface area contributed by atoms with Crippen molar-refractivity contribution in [1.29, 1.82) is 0 Å². The molecule has 1 amide bonds. The van der Waals surface area contributed by atoms with Gasteiger partial charge >= 0.3 is 0 Å². The van der Waals surface area contributed by atoms with Gasteiger partial charge in [-0.3, -0.25) is 4.79 Å². The highest BCUT2D eigenvalue weighted by Crippen LogP contribution is 2.19. The van der Waals surface area contributed by atoms with Crippen LogP contribution in [-0.2, 0) is 4.79 Å². The Hall–Kier alpha value is -1.61. The number of carbonyl (C=O) groups is 1. The van der Waals surface area contributed by atoms with E-state index in [0.717, 1.165) is 15.6 Å². The first kappa shape index (κ1) is 14.8. The van der Waals surface area contributed by atoms with E-state index in [-0.39, 0.29) is 17.9 Å². The van der Waals surface area contributed by atoms with Crippen LogP contribution in [0.1, 0.15) is 36.9 Å². The average Bonchev–Trinajstić information content (AvgIpc) is 2.48. The molecule has 0 saturated carbocycles. The van der Waals surface area contributed by atoms with Crippen molar-refractivity contribution in [3.05, 3.63) is 70.2 Å². The van der Waals surface area contributed by atoms with E-state index < -0.39 is 0 Å². The summed E-state index contributed by atoms with van der Waals surface area (Å²) in [5.74, 6) is -0.0966. The molecule has 104 valence electrons. The summed E-state index contributed by atoms with van der Waals surface area (Å²) in [5.41, 5.74) is 2.13. The van der Waals surface area contributed by atoms with Gasteiger partial charge in [0, 0.05) is 4.47 Å². The minimum Gasteiger partial charge on any atom is -0.349 e. The second kappa shape index (κ2) is 6.71. The van der Waals surface area contributed by atoms with Crippen LogP contribution in [0.25, 0.3) is 0 Å². The summed E-state index contributed by atoms with van der Waals surface area (Å²) in [4.78, 5) is 12.3. The Morgan fingerprint density at radius 2 is 1.55 bits per heavy atom. The molecule has 0 bridgehead atoms. The fraction of sp³-hybridized carbons (Fsp3) is 0.235. The first-order valence-corrected chi connectivity index (χ1v) is 7.48. The number of benzene rings is 2. The van der Waals surface area contributed by atoms with Crippen LogP contribution >= 0.6 is 15.9 Å². The van der Waals surface area contributed by atoms with Crippen molar-refractivity contribution in [2.24, 2.45) is 0 Å². The Morgan fingerprint density at radius 3 is 2.15 bits per heavy atom. The Kier molecular flexibility index (Phi) is 4.96. The molecule has 0 aliphatic carbocycles. The predicted molar refractivity (Wildman–Crippen MR) is 85.6 cm³/mol. The quantitative estimate of drug-likeness (QED) is 0.882. The van der Waals surface area contributed by atoms with Crippen LogP contribution in [0.2, 0.25) is 0 Å². The van der Waals surface area contributed by atoms with Crippen molar-refractivity contribution in [3.8, 4) is 0 Å². The fourth-order valence-electron chi connectivity index (χ4n) is 2.07. The molecule has 0 fully saturated rings. The Labute approximate surface area is 128 Å². The monoisotopic (exact) mass is 331 g/mol. The third-order valence-corrected chi connectivity index (χ3v) is 3.95. The maximum absolute atomic E-state index is 12.3. The molecule has 2 atom stereocenters. The Bertz CT molecular complexity index is 565. The van der Waals surface area contributed by atoms with Crippen molar-refractivity contribution < 1.29 is 4.79 Å². The molecule has 2 aromatic carbocycles. The number of carbonyl (C=O) groups excluding carboxylic acids is 1. The van der Waals surface area contributed by atoms with Crippen LogP contribution in [0.3, 0.4) is 0 Å². The highest BCUT2D eigenvalue weighted by molar-refractivity contribution is 9.10. The maximum Gasteiger partial charge on any atom is 0.227 e. The van der Waals surface area contributed by atoms with Crippen molar-refractivity contribution in [3.63, 3.8) is 0 Å². The summed E-state index contributed by atoms with van der Waals surface area (Å²) in [5, 5.41) is 3.06. The highest BCUT2D eigenvalue weighted by Gasteiger charge is 2.17. The fourth-order valence-corrected chi connectivity index (χ4v) is 2.33. The van der Waals surface area contributed by atoms with Crippen LogP contribution in [-0.4, -0.2) is 5.91 Å². The van der Waals surface area contributed by atoms with Gasteiger partial charge in [-0.15, -0.1) is 0 Å². The van der Waals surface area contributed by atoms with Crippen LogP contribution in [0, 0.1) is 0 Å². The predicted octanol–water partition coefficient (Wildman–Crippen LogP) is 4.43. The van der Waals surface area contributed by atoms with Gasteiger partial charge in [0.25, 0.3) is 0 Å². The molecule has 0 heterocycles. The van der Waals surface area contributed by atoms with Gasteiger partial charge in [0.05, 0.1) is 12.0 Å². The molecule has 0 radical (unpaired) electrons. The molecule has 0 aliphatic rings. The second-order valence-electron chi connectivity index (χ2n) is 4.91. The smallest absolute Gasteiger partial charge is 0.227 e. The maximum atomic E-state index is 12.3. The minimum atomic E-state index is -0.144. The molecule has 2 rings (SSSR count). The van der Waals surface area contributed by atoms with Crippen molar-refractivity contribution in [2.75, 3.05) is 0 Å². The van der Waals surface area contributed by atoms with Crippen molar-refractivity contribution >= 4 is 21.8 Å². The molecule has 0 saturated heterocycles. The first-order valence-electron chi connectivity index (χ1n) is 6.68. The lowest BCUT2D eigenvalue weighted by Crippen LogP contribution is -2.30. The molecule has 0 aromatic heterocycles. The zero-order valence-corrected chi connectivity index (χ0v) is 13.2. The lowest BCUT2D eigenvalue weighted by Gasteiger charge is -2.18. The Balaban J connectivity index is 2.02. The summed E-state index contributed by atoms with van der Waals surface area (Å²) in [6.45, 7) is 3.93. The van der Waals surface area contributed by atoms with Gasteiger partial charge in [0.15, 0.2) is 0 Å². The van der Waals surface area contributed by atoms with E-state index in [2.05, 4.69) is 21.2 Å². The van der Waals surface area contributed by atoms with E-state index in [1.54, 1.807) is 0 Å². The van der Waals surface area contributed by atoms with Crippen LogP contribution in [0.15, 0.2) is 59.1 Å². The number of halogens is 1. The van der Waals surface area contributed by atoms with E-state index in [1.807, 2.05) is 68.4 Å². The number of hydrogen-bond acceptors (Lipinski definition) is 1. The first-order chi connectivity index (χ1) is 9.58. The average molecular weight is 332 g/mol. The van der Waals surface area contributed by atoms with Crippen LogP contribution in [0.5, 0.6) is 0 Å². The van der Waals surface area contributed by atoms with E-state index in [1.165, 1.54) is 0 Å². The van der Waals surface area contributed by atoms with E-state index in [4.69, 9.17) is 0 Å². The van der Waals surface area contributed by atoms with E-state index in [0.29, 0.717) is 0 Å². The zero-order chi connectivity index (χ0) is 14.5. The SMILES string of the molecule is CC(NC(=O)C(C)c1ccccc1)c1ccc(Br)cc1. The third kappa shape index (κ3) is 3.70. The molecule has 0 aliphatic heterocycles. The lowest BCUT2D eigenvalue weighted by molar-refractivity contribution is -0.122. The van der Waals surface area contributed by atoms with E-state index in [9.17, 15) is 4.79 Å². The third-order valence-electron chi connectivity index (χ3n) is 3.42. The molecule has 2 nitrogen and oxygen atoms in total. The topological polar surface area (TPSA) is 29.1 Å². The number of rotatable bonds is 4. The molecule has 2 aromatic rings. The van der Waals surface area contributed by atoms with Gasteiger partial charge in [-0.05, 0) is 37.1 Å². The minimum absolute atomic E-state index is 0.00163. The van der Waals surface area contributed by atoms with Gasteiger partial charge in [0.2, 0.25) is 5.91 Å². The number of hydrogen-bond donors (Lipinski definition) is 1. The highest BCUT2D eigenvalue weighted by atomic mass is 79.9. The molecular weight excluding hydrogens is 314 g/mol. The number of nitrogens with one attached hydrogen (secondary N) is 1. The van der Waals surface area contributed by atoms with Crippen molar-refractivity contribution in [1.82, 2.24) is 5.32 Å². The molecule has 20 heavy (non-hydrogen) atoms. The lowest BCUT2D eigenvalue weighted by atomic mass is 9.99. The molecule has 3 heteroatoms. The Morgan fingerprint density at radius 1 is 0.950 bits per heavy atom. The largest absolute Gasteiger partial charge is 0.349 e. The van der Waals surface area contributed by atoms with Gasteiger partial charge in [0.1, 0.15) is 0 Å². The summed E-state index contributed by atoms with van der Waals surface area (Å²) in [7, 11) is 0. The molecule has 1 N–H and O–H groups in total. The van der Waals surface area contributed by atoms with Gasteiger partial charge in [-0.1, -0.05) is 58.4 Å². The number of amides is 1. The molecule has 2 unspecified atom stereocenters. The van der Waals surface area contributed by atoms with Crippen LogP contribution in [0.4, 0.5) is 0 Å². The van der Waals surface area contributed by atoms with Gasteiger partial charge in [-0.25, -0.2) is 0 Å². The second-order valence-corrected chi connectivity index (χ2v) is 5.83.